The first-order chi connectivity index (χ1) is 10.8. The molecular formula is C18H21N3O. The molecule has 4 rings (SSSR count). The highest BCUT2D eigenvalue weighted by molar-refractivity contribution is 5.54. The van der Waals surface area contributed by atoms with Crippen molar-refractivity contribution in [3.63, 3.8) is 0 Å². The molecule has 2 fully saturated rings. The highest BCUT2D eigenvalue weighted by atomic mass is 16.5. The van der Waals surface area contributed by atoms with Crippen molar-refractivity contribution in [3.8, 4) is 5.75 Å². The number of hydrogen-bond donors (Lipinski definition) is 0. The van der Waals surface area contributed by atoms with Gasteiger partial charge in [0.25, 0.3) is 0 Å². The van der Waals surface area contributed by atoms with Crippen molar-refractivity contribution < 1.29 is 4.74 Å². The van der Waals surface area contributed by atoms with Crippen LogP contribution in [0.15, 0.2) is 48.7 Å². The Hall–Kier alpha value is -2.07. The molecule has 0 aliphatic carbocycles. The molecule has 2 saturated heterocycles. The molecule has 1 aromatic carbocycles. The predicted octanol–water partition coefficient (Wildman–Crippen LogP) is 2.55. The number of methoxy groups -OCH3 is 1. The van der Waals surface area contributed by atoms with Gasteiger partial charge in [0, 0.05) is 37.9 Å². The number of anilines is 1. The van der Waals surface area contributed by atoms with Gasteiger partial charge in [-0.3, -0.25) is 4.90 Å². The van der Waals surface area contributed by atoms with Crippen LogP contribution < -0.4 is 9.64 Å². The van der Waals surface area contributed by atoms with Gasteiger partial charge in [0.2, 0.25) is 0 Å². The van der Waals surface area contributed by atoms with E-state index in [2.05, 4.69) is 45.1 Å². The standard InChI is InChI=1S/C18H21N3O/c1-22-17-8-5-9-19-18(17)21-13-15-10-16(21)12-20(15)11-14-6-3-2-4-7-14/h2-9,15-16H,10-13H2,1H3/t15-,16-/m0/s1. The van der Waals surface area contributed by atoms with Crippen LogP contribution in [0.25, 0.3) is 0 Å². The largest absolute Gasteiger partial charge is 0.493 e. The number of piperazine rings is 1. The molecule has 2 aliphatic rings. The van der Waals surface area contributed by atoms with Crippen LogP contribution >= 0.6 is 0 Å². The summed E-state index contributed by atoms with van der Waals surface area (Å²) < 4.78 is 5.47. The Bertz CT molecular complexity index is 646. The molecule has 0 N–H and O–H groups in total. The summed E-state index contributed by atoms with van der Waals surface area (Å²) in [6, 6.07) is 15.8. The third-order valence-electron chi connectivity index (χ3n) is 4.83. The Morgan fingerprint density at radius 1 is 1.09 bits per heavy atom. The van der Waals surface area contributed by atoms with Gasteiger partial charge in [-0.05, 0) is 24.1 Å². The Balaban J connectivity index is 1.48. The van der Waals surface area contributed by atoms with Crippen LogP contribution in [0.5, 0.6) is 5.75 Å². The molecule has 2 bridgehead atoms. The molecular weight excluding hydrogens is 274 g/mol. The smallest absolute Gasteiger partial charge is 0.171 e. The number of ether oxygens (including phenoxy) is 1. The van der Waals surface area contributed by atoms with Crippen LogP contribution in [0.4, 0.5) is 5.82 Å². The van der Waals surface area contributed by atoms with Crippen molar-refractivity contribution in [3.05, 3.63) is 54.2 Å². The fourth-order valence-electron chi connectivity index (χ4n) is 3.78. The van der Waals surface area contributed by atoms with E-state index < -0.39 is 0 Å². The summed E-state index contributed by atoms with van der Waals surface area (Å²) in [5, 5.41) is 0. The van der Waals surface area contributed by atoms with Crippen LogP contribution in [-0.2, 0) is 6.54 Å². The maximum Gasteiger partial charge on any atom is 0.171 e. The second-order valence-corrected chi connectivity index (χ2v) is 6.14. The predicted molar refractivity (Wildman–Crippen MR) is 87.2 cm³/mol. The second kappa shape index (κ2) is 5.61. The Morgan fingerprint density at radius 2 is 1.95 bits per heavy atom. The van der Waals surface area contributed by atoms with Crippen LogP contribution in [0, 0.1) is 0 Å². The number of benzene rings is 1. The molecule has 22 heavy (non-hydrogen) atoms. The molecule has 1 aromatic heterocycles. The zero-order chi connectivity index (χ0) is 14.9. The quantitative estimate of drug-likeness (QED) is 0.867. The van der Waals surface area contributed by atoms with E-state index in [-0.39, 0.29) is 0 Å². The first kappa shape index (κ1) is 13.6. The van der Waals surface area contributed by atoms with Gasteiger partial charge in [0.15, 0.2) is 11.6 Å². The van der Waals surface area contributed by atoms with Gasteiger partial charge >= 0.3 is 0 Å². The molecule has 4 nitrogen and oxygen atoms in total. The lowest BCUT2D eigenvalue weighted by atomic mass is 10.2. The topological polar surface area (TPSA) is 28.6 Å². The Labute approximate surface area is 131 Å². The molecule has 2 aliphatic heterocycles. The van der Waals surface area contributed by atoms with Gasteiger partial charge < -0.3 is 9.64 Å². The molecule has 4 heteroatoms. The van der Waals surface area contributed by atoms with Crippen LogP contribution in [0.3, 0.4) is 0 Å². The molecule has 3 heterocycles. The molecule has 0 spiro atoms. The summed E-state index contributed by atoms with van der Waals surface area (Å²) in [4.78, 5) is 9.57. The number of aromatic nitrogens is 1. The average Bonchev–Trinajstić information content (AvgIpc) is 3.16. The van der Waals surface area contributed by atoms with E-state index in [0.29, 0.717) is 12.1 Å². The van der Waals surface area contributed by atoms with Gasteiger partial charge in [-0.2, -0.15) is 0 Å². The van der Waals surface area contributed by atoms with Crippen molar-refractivity contribution in [2.75, 3.05) is 25.1 Å². The molecule has 0 radical (unpaired) electrons. The Kier molecular flexibility index (Phi) is 3.47. The molecule has 0 amide bonds. The van der Waals surface area contributed by atoms with Gasteiger partial charge in [0.05, 0.1) is 7.11 Å². The minimum atomic E-state index is 0.553. The van der Waals surface area contributed by atoms with Crippen molar-refractivity contribution in [2.24, 2.45) is 0 Å². The first-order valence-electron chi connectivity index (χ1n) is 7.89. The SMILES string of the molecule is COc1cccnc1N1C[C@@H]2C[C@H]1CN2Cc1ccccc1. The first-order valence-corrected chi connectivity index (χ1v) is 7.89. The second-order valence-electron chi connectivity index (χ2n) is 6.14. The number of pyridine rings is 1. The number of nitrogens with zero attached hydrogens (tertiary/aromatic N) is 3. The lowest BCUT2D eigenvalue weighted by Crippen LogP contribution is -2.46. The third kappa shape index (κ3) is 2.33. The third-order valence-corrected chi connectivity index (χ3v) is 4.83. The van der Waals surface area contributed by atoms with Gasteiger partial charge in [-0.15, -0.1) is 0 Å². The normalized spacial score (nSPS) is 24.0. The van der Waals surface area contributed by atoms with E-state index in [4.69, 9.17) is 4.74 Å². The summed E-state index contributed by atoms with van der Waals surface area (Å²) in [5.74, 6) is 1.88. The summed E-state index contributed by atoms with van der Waals surface area (Å²) >= 11 is 0. The van der Waals surface area contributed by atoms with E-state index in [9.17, 15) is 0 Å². The zero-order valence-corrected chi connectivity index (χ0v) is 12.9. The minimum absolute atomic E-state index is 0.553. The maximum absolute atomic E-state index is 5.47. The summed E-state index contributed by atoms with van der Waals surface area (Å²) in [7, 11) is 1.72. The van der Waals surface area contributed by atoms with Crippen LogP contribution in [-0.4, -0.2) is 42.2 Å². The lowest BCUT2D eigenvalue weighted by Gasteiger charge is -2.35. The molecule has 2 atom stereocenters. The highest BCUT2D eigenvalue weighted by Gasteiger charge is 2.44. The van der Waals surface area contributed by atoms with Gasteiger partial charge in [0.1, 0.15) is 0 Å². The lowest BCUT2D eigenvalue weighted by molar-refractivity contribution is 0.229. The van der Waals surface area contributed by atoms with Crippen LogP contribution in [0.1, 0.15) is 12.0 Å². The maximum atomic E-state index is 5.47. The van der Waals surface area contributed by atoms with Gasteiger partial charge in [-0.1, -0.05) is 30.3 Å². The number of fused-ring (bicyclic) bond motifs is 2. The van der Waals surface area contributed by atoms with E-state index in [0.717, 1.165) is 31.2 Å². The summed E-state index contributed by atoms with van der Waals surface area (Å²) in [6.07, 6.45) is 3.08. The fraction of sp³-hybridized carbons (Fsp3) is 0.389. The molecule has 0 saturated carbocycles. The van der Waals surface area contributed by atoms with Crippen molar-refractivity contribution in [2.45, 2.75) is 25.0 Å². The van der Waals surface area contributed by atoms with E-state index in [1.165, 1.54) is 12.0 Å². The molecule has 114 valence electrons. The van der Waals surface area contributed by atoms with Crippen molar-refractivity contribution >= 4 is 5.82 Å². The number of likely N-dealkylation sites (tertiary alicyclic amines) is 1. The Morgan fingerprint density at radius 3 is 2.68 bits per heavy atom. The minimum Gasteiger partial charge on any atom is -0.493 e. The summed E-state index contributed by atoms with van der Waals surface area (Å²) in [5.41, 5.74) is 1.40. The molecule has 0 unspecified atom stereocenters. The highest BCUT2D eigenvalue weighted by Crippen LogP contribution is 2.37. The van der Waals surface area contributed by atoms with E-state index in [1.807, 2.05) is 18.3 Å². The number of rotatable bonds is 4. The van der Waals surface area contributed by atoms with Crippen molar-refractivity contribution in [1.82, 2.24) is 9.88 Å². The number of hydrogen-bond acceptors (Lipinski definition) is 4. The summed E-state index contributed by atoms with van der Waals surface area (Å²) in [6.45, 7) is 3.21. The fourth-order valence-corrected chi connectivity index (χ4v) is 3.78. The average molecular weight is 295 g/mol. The monoisotopic (exact) mass is 295 g/mol. The van der Waals surface area contributed by atoms with Crippen LogP contribution in [0.2, 0.25) is 0 Å². The van der Waals surface area contributed by atoms with E-state index >= 15 is 0 Å². The molecule has 2 aromatic rings. The van der Waals surface area contributed by atoms with Crippen molar-refractivity contribution in [1.29, 1.82) is 0 Å². The van der Waals surface area contributed by atoms with Gasteiger partial charge in [-0.25, -0.2) is 4.98 Å². The zero-order valence-electron chi connectivity index (χ0n) is 12.9. The van der Waals surface area contributed by atoms with E-state index in [1.54, 1.807) is 7.11 Å².